The summed E-state index contributed by atoms with van der Waals surface area (Å²) in [6.45, 7) is 0. The molecule has 3 N–H and O–H groups in total. The molecule has 0 aliphatic heterocycles. The molecule has 126 valence electrons. The zero-order chi connectivity index (χ0) is 17.6. The van der Waals surface area contributed by atoms with E-state index in [0.29, 0.717) is 12.0 Å². The first-order chi connectivity index (χ1) is 12.1. The van der Waals surface area contributed by atoms with Crippen LogP contribution in [0.4, 0.5) is 5.88 Å². The largest absolute Gasteiger partial charge is 0.365 e. The second-order valence-electron chi connectivity index (χ2n) is 5.37. The summed E-state index contributed by atoms with van der Waals surface area (Å²) in [4.78, 5) is 27.8. The third-order valence-corrected chi connectivity index (χ3v) is 3.63. The number of nitrogens with two attached hydrogens (primary N) is 1. The maximum Gasteiger partial charge on any atom is 0.256 e. The minimum Gasteiger partial charge on any atom is -0.365 e. The average Bonchev–Trinajstić information content (AvgIpc) is 3.05. The molecule has 0 aliphatic rings. The number of hydrogen-bond donors (Lipinski definition) is 2. The summed E-state index contributed by atoms with van der Waals surface area (Å²) in [5, 5.41) is 6.43. The van der Waals surface area contributed by atoms with Crippen molar-refractivity contribution in [3.05, 3.63) is 66.0 Å². The molecule has 0 saturated carbocycles. The van der Waals surface area contributed by atoms with Crippen LogP contribution in [-0.2, 0) is 11.2 Å². The predicted octanol–water partition coefficient (Wildman–Crippen LogP) is 2.41. The fraction of sp³-hybridized carbons (Fsp3) is 0.111. The number of aryl methyl sites for hydroxylation is 1. The van der Waals surface area contributed by atoms with Crippen molar-refractivity contribution in [2.75, 3.05) is 5.32 Å². The number of aromatic nitrogens is 2. The van der Waals surface area contributed by atoms with Crippen LogP contribution in [0.5, 0.6) is 0 Å². The van der Waals surface area contributed by atoms with Crippen molar-refractivity contribution < 1.29 is 14.1 Å². The van der Waals surface area contributed by atoms with Crippen LogP contribution in [0.2, 0.25) is 0 Å². The van der Waals surface area contributed by atoms with Crippen molar-refractivity contribution >= 4 is 17.7 Å². The molecule has 2 heterocycles. The van der Waals surface area contributed by atoms with Gasteiger partial charge in [0, 0.05) is 24.4 Å². The summed E-state index contributed by atoms with van der Waals surface area (Å²) >= 11 is 0. The van der Waals surface area contributed by atoms with E-state index in [1.807, 2.05) is 30.3 Å². The lowest BCUT2D eigenvalue weighted by molar-refractivity contribution is -0.116. The number of benzene rings is 1. The van der Waals surface area contributed by atoms with Crippen molar-refractivity contribution in [2.45, 2.75) is 12.8 Å². The molecule has 0 atom stereocenters. The molecule has 1 aromatic carbocycles. The summed E-state index contributed by atoms with van der Waals surface area (Å²) < 4.78 is 5.13. The van der Waals surface area contributed by atoms with E-state index in [2.05, 4.69) is 15.5 Å². The first-order valence-corrected chi connectivity index (χ1v) is 7.69. The first kappa shape index (κ1) is 16.4. The van der Waals surface area contributed by atoms with Gasteiger partial charge in [-0.1, -0.05) is 35.5 Å². The number of anilines is 1. The molecule has 0 bridgehead atoms. The number of amides is 2. The van der Waals surface area contributed by atoms with Crippen LogP contribution in [0.3, 0.4) is 0 Å². The number of rotatable bonds is 6. The Bertz CT molecular complexity index is 876. The Morgan fingerprint density at radius 2 is 1.80 bits per heavy atom. The van der Waals surface area contributed by atoms with Crippen molar-refractivity contribution in [1.29, 1.82) is 0 Å². The van der Waals surface area contributed by atoms with E-state index in [4.69, 9.17) is 10.3 Å². The van der Waals surface area contributed by atoms with E-state index < -0.39 is 5.91 Å². The van der Waals surface area contributed by atoms with E-state index in [1.54, 1.807) is 24.5 Å². The van der Waals surface area contributed by atoms with Crippen molar-refractivity contribution in [2.24, 2.45) is 5.73 Å². The van der Waals surface area contributed by atoms with E-state index in [1.165, 1.54) is 0 Å². The molecule has 25 heavy (non-hydrogen) atoms. The van der Waals surface area contributed by atoms with Crippen LogP contribution in [0.25, 0.3) is 11.3 Å². The maximum absolute atomic E-state index is 12.1. The Morgan fingerprint density at radius 1 is 1.08 bits per heavy atom. The number of hydrogen-bond acceptors (Lipinski definition) is 5. The van der Waals surface area contributed by atoms with Crippen molar-refractivity contribution in [1.82, 2.24) is 10.1 Å². The van der Waals surface area contributed by atoms with Crippen LogP contribution in [0, 0.1) is 0 Å². The van der Waals surface area contributed by atoms with Gasteiger partial charge in [0.15, 0.2) is 0 Å². The van der Waals surface area contributed by atoms with Gasteiger partial charge in [0.05, 0.1) is 0 Å². The maximum atomic E-state index is 12.1. The Hall–Kier alpha value is -3.48. The third-order valence-electron chi connectivity index (χ3n) is 3.63. The van der Waals surface area contributed by atoms with Gasteiger partial charge in [0.1, 0.15) is 11.3 Å². The Balaban J connectivity index is 1.75. The Labute approximate surface area is 143 Å². The smallest absolute Gasteiger partial charge is 0.256 e. The highest BCUT2D eigenvalue weighted by Crippen LogP contribution is 2.28. The number of primary amides is 1. The molecule has 3 rings (SSSR count). The molecule has 0 unspecified atom stereocenters. The normalized spacial score (nSPS) is 10.4. The quantitative estimate of drug-likeness (QED) is 0.718. The van der Waals surface area contributed by atoms with Gasteiger partial charge in [-0.05, 0) is 24.1 Å². The lowest BCUT2D eigenvalue weighted by atomic mass is 10.1. The average molecular weight is 336 g/mol. The van der Waals surface area contributed by atoms with Crippen LogP contribution in [0.1, 0.15) is 22.3 Å². The van der Waals surface area contributed by atoms with Crippen LogP contribution >= 0.6 is 0 Å². The van der Waals surface area contributed by atoms with Crippen LogP contribution < -0.4 is 11.1 Å². The molecule has 0 aliphatic carbocycles. The molecule has 2 aromatic heterocycles. The van der Waals surface area contributed by atoms with Gasteiger partial charge in [0.25, 0.3) is 5.91 Å². The number of carbonyl (C=O) groups is 2. The summed E-state index contributed by atoms with van der Waals surface area (Å²) in [7, 11) is 0. The molecule has 0 spiro atoms. The zero-order valence-electron chi connectivity index (χ0n) is 13.3. The molecular weight excluding hydrogens is 320 g/mol. The highest BCUT2D eigenvalue weighted by molar-refractivity contribution is 6.05. The molecule has 0 saturated heterocycles. The summed E-state index contributed by atoms with van der Waals surface area (Å²) in [5.41, 5.74) is 7.41. The second kappa shape index (κ2) is 7.39. The monoisotopic (exact) mass is 336 g/mol. The minimum atomic E-state index is -0.730. The van der Waals surface area contributed by atoms with E-state index in [9.17, 15) is 9.59 Å². The summed E-state index contributed by atoms with van der Waals surface area (Å²) in [5.74, 6) is -1.06. The second-order valence-corrected chi connectivity index (χ2v) is 5.37. The molecular formula is C18H16N4O3. The van der Waals surface area contributed by atoms with Gasteiger partial charge >= 0.3 is 0 Å². The molecule has 7 nitrogen and oxygen atoms in total. The standard InChI is InChI=1S/C18H16N4O3/c19-17(24)15-16(13-8-10-20-11-9-13)22-25-18(15)21-14(23)7-6-12-4-2-1-3-5-12/h1-5,8-11H,6-7H2,(H2,19,24)(H,21,23). The highest BCUT2D eigenvalue weighted by atomic mass is 16.5. The van der Waals surface area contributed by atoms with E-state index >= 15 is 0 Å². The van der Waals surface area contributed by atoms with Gasteiger partial charge < -0.3 is 10.3 Å². The Morgan fingerprint density at radius 3 is 2.48 bits per heavy atom. The highest BCUT2D eigenvalue weighted by Gasteiger charge is 2.23. The van der Waals surface area contributed by atoms with Gasteiger partial charge in [-0.2, -0.15) is 0 Å². The fourth-order valence-electron chi connectivity index (χ4n) is 2.40. The van der Waals surface area contributed by atoms with E-state index in [0.717, 1.165) is 5.56 Å². The van der Waals surface area contributed by atoms with E-state index in [-0.39, 0.29) is 29.5 Å². The number of nitrogens with zero attached hydrogens (tertiary/aromatic N) is 2. The zero-order valence-corrected chi connectivity index (χ0v) is 13.3. The topological polar surface area (TPSA) is 111 Å². The van der Waals surface area contributed by atoms with Gasteiger partial charge in [0.2, 0.25) is 11.8 Å². The lowest BCUT2D eigenvalue weighted by Crippen LogP contribution is -2.17. The number of pyridine rings is 1. The molecule has 2 amide bonds. The molecule has 7 heteroatoms. The SMILES string of the molecule is NC(=O)c1c(-c2ccncc2)noc1NC(=O)CCc1ccccc1. The predicted molar refractivity (Wildman–Crippen MR) is 91.6 cm³/mol. The lowest BCUT2D eigenvalue weighted by Gasteiger charge is -2.04. The van der Waals surface area contributed by atoms with Crippen LogP contribution in [0.15, 0.2) is 59.4 Å². The molecule has 3 aromatic rings. The third kappa shape index (κ3) is 3.89. The molecule has 0 radical (unpaired) electrons. The summed E-state index contributed by atoms with van der Waals surface area (Å²) in [6, 6.07) is 13.0. The van der Waals surface area contributed by atoms with Gasteiger partial charge in [-0.3, -0.25) is 19.9 Å². The fourth-order valence-corrected chi connectivity index (χ4v) is 2.40. The first-order valence-electron chi connectivity index (χ1n) is 7.69. The van der Waals surface area contributed by atoms with Crippen molar-refractivity contribution in [3.8, 4) is 11.3 Å². The number of nitrogens with one attached hydrogen (secondary N) is 1. The molecule has 0 fully saturated rings. The summed E-state index contributed by atoms with van der Waals surface area (Å²) in [6.07, 6.45) is 3.94. The van der Waals surface area contributed by atoms with Gasteiger partial charge in [-0.15, -0.1) is 0 Å². The van der Waals surface area contributed by atoms with Gasteiger partial charge in [-0.25, -0.2) is 0 Å². The Kier molecular flexibility index (Phi) is 4.84. The van der Waals surface area contributed by atoms with Crippen LogP contribution in [-0.4, -0.2) is 22.0 Å². The number of carbonyl (C=O) groups excluding carboxylic acids is 2. The minimum absolute atomic E-state index is 0.0410. The van der Waals surface area contributed by atoms with Crippen molar-refractivity contribution in [3.63, 3.8) is 0 Å².